The second-order valence-corrected chi connectivity index (χ2v) is 5.00. The molecule has 0 aromatic heterocycles. The first-order chi connectivity index (χ1) is 8.06. The van der Waals surface area contributed by atoms with Crippen LogP contribution in [0.4, 0.5) is 0 Å². The van der Waals surface area contributed by atoms with E-state index in [0.717, 1.165) is 13.0 Å². The third kappa shape index (κ3) is 6.61. The average molecular weight is 258 g/mol. The SMILES string of the molecule is CCCCC(CC)CNC(=O)C(CC)C(N)=S. The molecule has 0 aliphatic rings. The fourth-order valence-corrected chi connectivity index (χ4v) is 2.10. The highest BCUT2D eigenvalue weighted by Crippen LogP contribution is 2.12. The lowest BCUT2D eigenvalue weighted by atomic mass is 9.98. The van der Waals surface area contributed by atoms with Crippen LogP contribution in [0.5, 0.6) is 0 Å². The van der Waals surface area contributed by atoms with Gasteiger partial charge in [0.05, 0.1) is 10.9 Å². The summed E-state index contributed by atoms with van der Waals surface area (Å²) in [4.78, 5) is 12.1. The summed E-state index contributed by atoms with van der Waals surface area (Å²) in [6.07, 6.45) is 5.38. The molecule has 0 rings (SSSR count). The standard InChI is InChI=1S/C13H26N2OS/c1-4-7-8-10(5-2)9-15-13(16)11(6-3)12(14)17/h10-11H,4-9H2,1-3H3,(H2,14,17)(H,15,16). The van der Waals surface area contributed by atoms with Crippen molar-refractivity contribution in [2.45, 2.75) is 52.9 Å². The molecule has 17 heavy (non-hydrogen) atoms. The molecule has 0 radical (unpaired) electrons. The van der Waals surface area contributed by atoms with Crippen LogP contribution < -0.4 is 11.1 Å². The zero-order chi connectivity index (χ0) is 13.3. The van der Waals surface area contributed by atoms with E-state index in [1.807, 2.05) is 6.92 Å². The Balaban J connectivity index is 4.06. The third-order valence-electron chi connectivity index (χ3n) is 3.18. The van der Waals surface area contributed by atoms with Crippen molar-refractivity contribution in [1.29, 1.82) is 0 Å². The molecule has 0 aliphatic carbocycles. The van der Waals surface area contributed by atoms with Gasteiger partial charge in [0.1, 0.15) is 0 Å². The van der Waals surface area contributed by atoms with E-state index in [2.05, 4.69) is 19.2 Å². The van der Waals surface area contributed by atoms with Crippen LogP contribution in [-0.2, 0) is 4.79 Å². The van der Waals surface area contributed by atoms with Gasteiger partial charge in [-0.25, -0.2) is 0 Å². The van der Waals surface area contributed by atoms with Crippen molar-refractivity contribution in [3.63, 3.8) is 0 Å². The minimum absolute atomic E-state index is 0.0186. The molecule has 0 fully saturated rings. The van der Waals surface area contributed by atoms with Crippen molar-refractivity contribution in [3.8, 4) is 0 Å². The van der Waals surface area contributed by atoms with Crippen molar-refractivity contribution >= 4 is 23.1 Å². The van der Waals surface area contributed by atoms with E-state index in [1.54, 1.807) is 0 Å². The molecule has 3 N–H and O–H groups in total. The van der Waals surface area contributed by atoms with Crippen molar-refractivity contribution in [2.75, 3.05) is 6.54 Å². The van der Waals surface area contributed by atoms with Crippen molar-refractivity contribution < 1.29 is 4.79 Å². The first-order valence-corrected chi connectivity index (χ1v) is 7.04. The number of carbonyl (C=O) groups excluding carboxylic acids is 1. The molecule has 0 heterocycles. The summed E-state index contributed by atoms with van der Waals surface area (Å²) in [7, 11) is 0. The van der Waals surface area contributed by atoms with Gasteiger partial charge < -0.3 is 11.1 Å². The van der Waals surface area contributed by atoms with E-state index in [9.17, 15) is 4.79 Å². The van der Waals surface area contributed by atoms with Gasteiger partial charge in [0.15, 0.2) is 0 Å². The lowest BCUT2D eigenvalue weighted by Crippen LogP contribution is -2.39. The molecular weight excluding hydrogens is 232 g/mol. The quantitative estimate of drug-likeness (QED) is 0.625. The number of unbranched alkanes of at least 4 members (excludes halogenated alkanes) is 1. The molecule has 1 amide bonds. The molecular formula is C13H26N2OS. The summed E-state index contributed by atoms with van der Waals surface area (Å²) < 4.78 is 0. The lowest BCUT2D eigenvalue weighted by molar-refractivity contribution is -0.123. The lowest BCUT2D eigenvalue weighted by Gasteiger charge is -2.18. The van der Waals surface area contributed by atoms with Crippen molar-refractivity contribution in [3.05, 3.63) is 0 Å². The van der Waals surface area contributed by atoms with Crippen LogP contribution in [0.25, 0.3) is 0 Å². The molecule has 4 heteroatoms. The first-order valence-electron chi connectivity index (χ1n) is 6.63. The molecule has 0 aromatic rings. The van der Waals surface area contributed by atoms with E-state index < -0.39 is 0 Å². The van der Waals surface area contributed by atoms with E-state index in [1.165, 1.54) is 19.3 Å². The Hall–Kier alpha value is -0.640. The van der Waals surface area contributed by atoms with Crippen LogP contribution in [0.3, 0.4) is 0 Å². The second-order valence-electron chi connectivity index (χ2n) is 4.52. The molecule has 0 aromatic carbocycles. The molecule has 0 bridgehead atoms. The van der Waals surface area contributed by atoms with Crippen molar-refractivity contribution in [2.24, 2.45) is 17.6 Å². The van der Waals surface area contributed by atoms with Crippen LogP contribution in [0.2, 0.25) is 0 Å². The van der Waals surface area contributed by atoms with Gasteiger partial charge in [-0.2, -0.15) is 0 Å². The fourth-order valence-electron chi connectivity index (χ4n) is 1.83. The summed E-state index contributed by atoms with van der Waals surface area (Å²) in [5, 5.41) is 2.97. The van der Waals surface area contributed by atoms with Crippen LogP contribution in [0.1, 0.15) is 52.9 Å². The van der Waals surface area contributed by atoms with Crippen LogP contribution in [0.15, 0.2) is 0 Å². The monoisotopic (exact) mass is 258 g/mol. The van der Waals surface area contributed by atoms with Gasteiger partial charge in [-0.3, -0.25) is 4.79 Å². The highest BCUT2D eigenvalue weighted by Gasteiger charge is 2.19. The maximum atomic E-state index is 11.8. The Morgan fingerprint density at radius 3 is 2.35 bits per heavy atom. The molecule has 0 spiro atoms. The minimum atomic E-state index is -0.311. The zero-order valence-electron chi connectivity index (χ0n) is 11.3. The van der Waals surface area contributed by atoms with Gasteiger partial charge in [0.25, 0.3) is 0 Å². The van der Waals surface area contributed by atoms with Gasteiger partial charge in [-0.05, 0) is 18.8 Å². The number of thiocarbonyl (C=S) groups is 1. The van der Waals surface area contributed by atoms with Crippen LogP contribution >= 0.6 is 12.2 Å². The molecule has 100 valence electrons. The summed E-state index contributed by atoms with van der Waals surface area (Å²) in [6, 6.07) is 0. The number of nitrogens with two attached hydrogens (primary N) is 1. The normalized spacial score (nSPS) is 14.1. The topological polar surface area (TPSA) is 55.1 Å². The van der Waals surface area contributed by atoms with E-state index in [-0.39, 0.29) is 11.8 Å². The maximum absolute atomic E-state index is 11.8. The summed E-state index contributed by atoms with van der Waals surface area (Å²) in [5.41, 5.74) is 5.54. The first kappa shape index (κ1) is 16.4. The van der Waals surface area contributed by atoms with E-state index in [4.69, 9.17) is 18.0 Å². The number of amides is 1. The largest absolute Gasteiger partial charge is 0.393 e. The molecule has 0 aliphatic heterocycles. The Morgan fingerprint density at radius 1 is 1.29 bits per heavy atom. The van der Waals surface area contributed by atoms with Gasteiger partial charge in [-0.15, -0.1) is 0 Å². The predicted octanol–water partition coefficient (Wildman–Crippen LogP) is 2.63. The summed E-state index contributed by atoms with van der Waals surface area (Å²) in [6.45, 7) is 7.02. The smallest absolute Gasteiger partial charge is 0.229 e. The summed E-state index contributed by atoms with van der Waals surface area (Å²) >= 11 is 4.89. The van der Waals surface area contributed by atoms with Crippen LogP contribution in [-0.4, -0.2) is 17.4 Å². The minimum Gasteiger partial charge on any atom is -0.393 e. The molecule has 3 nitrogen and oxygen atoms in total. The highest BCUT2D eigenvalue weighted by atomic mass is 32.1. The molecule has 2 unspecified atom stereocenters. The Morgan fingerprint density at radius 2 is 1.94 bits per heavy atom. The Labute approximate surface area is 111 Å². The fraction of sp³-hybridized carbons (Fsp3) is 0.846. The van der Waals surface area contributed by atoms with E-state index >= 15 is 0 Å². The summed E-state index contributed by atoms with van der Waals surface area (Å²) in [5.74, 6) is 0.242. The predicted molar refractivity (Wildman–Crippen MR) is 76.9 cm³/mol. The number of hydrogen-bond donors (Lipinski definition) is 2. The number of carbonyl (C=O) groups is 1. The second kappa shape index (κ2) is 9.40. The van der Waals surface area contributed by atoms with Gasteiger partial charge in [0.2, 0.25) is 5.91 Å². The van der Waals surface area contributed by atoms with E-state index in [0.29, 0.717) is 17.3 Å². The average Bonchev–Trinajstić information content (AvgIpc) is 2.29. The van der Waals surface area contributed by atoms with Gasteiger partial charge in [-0.1, -0.05) is 52.3 Å². The highest BCUT2D eigenvalue weighted by molar-refractivity contribution is 7.80. The number of hydrogen-bond acceptors (Lipinski definition) is 2. The van der Waals surface area contributed by atoms with Gasteiger partial charge in [0, 0.05) is 6.54 Å². The zero-order valence-corrected chi connectivity index (χ0v) is 12.1. The number of nitrogens with one attached hydrogen (secondary N) is 1. The Kier molecular flexibility index (Phi) is 9.04. The van der Waals surface area contributed by atoms with Crippen molar-refractivity contribution in [1.82, 2.24) is 5.32 Å². The van der Waals surface area contributed by atoms with Crippen LogP contribution in [0, 0.1) is 11.8 Å². The maximum Gasteiger partial charge on any atom is 0.229 e. The third-order valence-corrected chi connectivity index (χ3v) is 3.46. The molecule has 0 saturated carbocycles. The van der Waals surface area contributed by atoms with Gasteiger partial charge >= 0.3 is 0 Å². The number of rotatable bonds is 9. The Bertz CT molecular complexity index is 244. The molecule has 0 saturated heterocycles. The molecule has 2 atom stereocenters.